The number of ether oxygens (including phenoxy) is 1. The van der Waals surface area contributed by atoms with Gasteiger partial charge in [0.05, 0.1) is 23.7 Å². The van der Waals surface area contributed by atoms with E-state index in [-0.39, 0.29) is 29.8 Å². The third kappa shape index (κ3) is 6.01. The van der Waals surface area contributed by atoms with Gasteiger partial charge in [-0.05, 0) is 18.1 Å². The first-order chi connectivity index (χ1) is 10.4. The fraction of sp³-hybridized carbons (Fsp3) is 0.357. The second-order valence-corrected chi connectivity index (χ2v) is 5.09. The highest BCUT2D eigenvalue weighted by Crippen LogP contribution is 2.18. The van der Waals surface area contributed by atoms with Gasteiger partial charge in [0.1, 0.15) is 5.84 Å². The summed E-state index contributed by atoms with van der Waals surface area (Å²) in [4.78, 5) is 27.5. The Labute approximate surface area is 133 Å². The molecule has 0 unspecified atom stereocenters. The van der Waals surface area contributed by atoms with Crippen LogP contribution in [0.4, 0.5) is 10.5 Å². The van der Waals surface area contributed by atoms with E-state index in [1.807, 2.05) is 13.8 Å². The fourth-order valence-corrected chi connectivity index (χ4v) is 1.46. The number of nitrogens with one attached hydrogen (secondary N) is 2. The Morgan fingerprint density at radius 1 is 1.32 bits per heavy atom. The zero-order chi connectivity index (χ0) is 16.5. The molecule has 0 aliphatic rings. The number of amidine groups is 1. The molecule has 4 N–H and O–H groups in total. The Morgan fingerprint density at radius 2 is 2.00 bits per heavy atom. The molecule has 22 heavy (non-hydrogen) atoms. The summed E-state index contributed by atoms with van der Waals surface area (Å²) in [5.74, 6) is -0.0973. The van der Waals surface area contributed by atoms with Crippen LogP contribution in [-0.4, -0.2) is 30.3 Å². The first kappa shape index (κ1) is 17.8. The van der Waals surface area contributed by atoms with Gasteiger partial charge in [-0.1, -0.05) is 26.0 Å². The number of para-hydroxylation sites is 1. The van der Waals surface area contributed by atoms with Crippen molar-refractivity contribution >= 4 is 35.1 Å². The van der Waals surface area contributed by atoms with E-state index in [0.717, 1.165) is 0 Å². The predicted molar refractivity (Wildman–Crippen MR) is 85.2 cm³/mol. The van der Waals surface area contributed by atoms with Crippen LogP contribution in [0.1, 0.15) is 24.2 Å². The van der Waals surface area contributed by atoms with Gasteiger partial charge in [0, 0.05) is 0 Å². The van der Waals surface area contributed by atoms with Gasteiger partial charge in [-0.15, -0.1) is 11.6 Å². The van der Waals surface area contributed by atoms with Crippen molar-refractivity contribution in [1.29, 1.82) is 0 Å². The molecule has 0 saturated heterocycles. The van der Waals surface area contributed by atoms with E-state index in [4.69, 9.17) is 22.1 Å². The second kappa shape index (κ2) is 8.89. The minimum atomic E-state index is -0.733. The van der Waals surface area contributed by atoms with Gasteiger partial charge in [-0.3, -0.25) is 10.2 Å². The average molecular weight is 327 g/mol. The number of carbonyl (C=O) groups is 2. The summed E-state index contributed by atoms with van der Waals surface area (Å²) in [6, 6.07) is 6.55. The van der Waals surface area contributed by atoms with Crippen molar-refractivity contribution in [3.8, 4) is 0 Å². The number of nitrogens with zero attached hydrogens (tertiary/aromatic N) is 1. The van der Waals surface area contributed by atoms with Crippen molar-refractivity contribution < 1.29 is 14.3 Å². The lowest BCUT2D eigenvalue weighted by Crippen LogP contribution is -2.42. The van der Waals surface area contributed by atoms with Crippen LogP contribution >= 0.6 is 11.6 Å². The summed E-state index contributed by atoms with van der Waals surface area (Å²) in [6.45, 7) is 4.07. The lowest BCUT2D eigenvalue weighted by atomic mass is 10.1. The molecule has 0 radical (unpaired) electrons. The van der Waals surface area contributed by atoms with Gasteiger partial charge in [-0.25, -0.2) is 15.2 Å². The lowest BCUT2D eigenvalue weighted by molar-refractivity contribution is 0.0901. The van der Waals surface area contributed by atoms with Gasteiger partial charge in [-0.2, -0.15) is 0 Å². The molecule has 1 aromatic carbocycles. The largest absolute Gasteiger partial charge is 0.448 e. The van der Waals surface area contributed by atoms with Crippen LogP contribution in [0.25, 0.3) is 0 Å². The van der Waals surface area contributed by atoms with E-state index in [1.165, 1.54) is 0 Å². The molecule has 0 fully saturated rings. The minimum Gasteiger partial charge on any atom is -0.448 e. The van der Waals surface area contributed by atoms with Crippen molar-refractivity contribution in [2.45, 2.75) is 13.8 Å². The van der Waals surface area contributed by atoms with Crippen molar-refractivity contribution in [3.63, 3.8) is 0 Å². The SMILES string of the molecule is CC(C)COC(=O)NNC(=O)c1ccccc1N=C(N)CCl. The molecule has 0 aliphatic heterocycles. The molecule has 0 aromatic heterocycles. The summed E-state index contributed by atoms with van der Waals surface area (Å²) in [6.07, 6.45) is -0.733. The zero-order valence-electron chi connectivity index (χ0n) is 12.4. The quantitative estimate of drug-likeness (QED) is 0.333. The molecule has 0 atom stereocenters. The number of hydrazine groups is 1. The average Bonchev–Trinajstić information content (AvgIpc) is 2.50. The number of rotatable bonds is 5. The normalized spacial score (nSPS) is 11.2. The maximum Gasteiger partial charge on any atom is 0.426 e. The molecule has 8 heteroatoms. The number of alkyl halides is 1. The number of hydrogen-bond acceptors (Lipinski definition) is 4. The van der Waals surface area contributed by atoms with Crippen LogP contribution in [0, 0.1) is 5.92 Å². The molecule has 0 bridgehead atoms. The van der Waals surface area contributed by atoms with E-state index in [2.05, 4.69) is 15.8 Å². The summed E-state index contributed by atoms with van der Waals surface area (Å²) in [5.41, 5.74) is 10.6. The van der Waals surface area contributed by atoms with Crippen LogP contribution in [-0.2, 0) is 4.74 Å². The monoisotopic (exact) mass is 326 g/mol. The number of carbonyl (C=O) groups excluding carboxylic acids is 2. The molecule has 120 valence electrons. The van der Waals surface area contributed by atoms with Gasteiger partial charge in [0.15, 0.2) is 0 Å². The van der Waals surface area contributed by atoms with Crippen molar-refractivity contribution in [3.05, 3.63) is 29.8 Å². The highest BCUT2D eigenvalue weighted by atomic mass is 35.5. The molecule has 0 saturated carbocycles. The Morgan fingerprint density at radius 3 is 2.64 bits per heavy atom. The van der Waals surface area contributed by atoms with Crippen LogP contribution in [0.5, 0.6) is 0 Å². The Balaban J connectivity index is 2.68. The fourth-order valence-electron chi connectivity index (χ4n) is 1.40. The molecular formula is C14H19ClN4O3. The van der Waals surface area contributed by atoms with Crippen LogP contribution < -0.4 is 16.6 Å². The summed E-state index contributed by atoms with van der Waals surface area (Å²) in [5, 5.41) is 0. The summed E-state index contributed by atoms with van der Waals surface area (Å²) < 4.78 is 4.87. The molecule has 7 nitrogen and oxygen atoms in total. The third-order valence-corrected chi connectivity index (χ3v) is 2.65. The first-order valence-electron chi connectivity index (χ1n) is 6.65. The number of benzene rings is 1. The number of aliphatic imine (C=N–C) groups is 1. The van der Waals surface area contributed by atoms with Crippen LogP contribution in [0.3, 0.4) is 0 Å². The Bertz CT molecular complexity index is 561. The maximum atomic E-state index is 12.1. The van der Waals surface area contributed by atoms with E-state index in [0.29, 0.717) is 5.69 Å². The van der Waals surface area contributed by atoms with Crippen molar-refractivity contribution in [2.24, 2.45) is 16.6 Å². The number of amides is 2. The zero-order valence-corrected chi connectivity index (χ0v) is 13.2. The summed E-state index contributed by atoms with van der Waals surface area (Å²) >= 11 is 5.57. The van der Waals surface area contributed by atoms with E-state index >= 15 is 0 Å². The van der Waals surface area contributed by atoms with Gasteiger partial charge in [0.2, 0.25) is 0 Å². The Hall–Kier alpha value is -2.28. The second-order valence-electron chi connectivity index (χ2n) is 4.83. The summed E-state index contributed by atoms with van der Waals surface area (Å²) in [7, 11) is 0. The topological polar surface area (TPSA) is 106 Å². The number of hydrogen-bond donors (Lipinski definition) is 3. The molecule has 1 rings (SSSR count). The van der Waals surface area contributed by atoms with E-state index < -0.39 is 12.0 Å². The molecule has 0 aliphatic carbocycles. The van der Waals surface area contributed by atoms with Crippen LogP contribution in [0.2, 0.25) is 0 Å². The lowest BCUT2D eigenvalue weighted by Gasteiger charge is -2.10. The minimum absolute atomic E-state index is 0.0513. The Kier molecular flexibility index (Phi) is 7.18. The predicted octanol–water partition coefficient (Wildman–Crippen LogP) is 1.94. The molecule has 0 heterocycles. The van der Waals surface area contributed by atoms with E-state index in [1.54, 1.807) is 24.3 Å². The molecule has 2 amide bonds. The van der Waals surface area contributed by atoms with E-state index in [9.17, 15) is 9.59 Å². The maximum absolute atomic E-state index is 12.1. The van der Waals surface area contributed by atoms with Crippen molar-refractivity contribution in [1.82, 2.24) is 10.9 Å². The molecule has 1 aromatic rings. The number of nitrogens with two attached hydrogens (primary N) is 1. The number of halogens is 1. The third-order valence-electron chi connectivity index (χ3n) is 2.38. The highest BCUT2D eigenvalue weighted by Gasteiger charge is 2.12. The van der Waals surface area contributed by atoms with Gasteiger partial charge < -0.3 is 10.5 Å². The molecule has 0 spiro atoms. The van der Waals surface area contributed by atoms with Gasteiger partial charge >= 0.3 is 6.09 Å². The van der Waals surface area contributed by atoms with Crippen LogP contribution in [0.15, 0.2) is 29.3 Å². The smallest absolute Gasteiger partial charge is 0.426 e. The molecular weight excluding hydrogens is 308 g/mol. The van der Waals surface area contributed by atoms with Gasteiger partial charge in [0.25, 0.3) is 5.91 Å². The van der Waals surface area contributed by atoms with Crippen molar-refractivity contribution in [2.75, 3.05) is 12.5 Å². The highest BCUT2D eigenvalue weighted by molar-refractivity contribution is 6.28. The first-order valence-corrected chi connectivity index (χ1v) is 7.18. The standard InChI is InChI=1S/C14H19ClN4O3/c1-9(2)8-22-14(21)19-18-13(20)10-5-3-4-6-11(10)17-12(16)7-15/h3-6,9H,7-8H2,1-2H3,(H2,16,17)(H,18,20)(H,19,21).